The van der Waals surface area contributed by atoms with Crippen molar-refractivity contribution in [1.82, 2.24) is 4.31 Å². The lowest BCUT2D eigenvalue weighted by Gasteiger charge is -2.33. The third-order valence-corrected chi connectivity index (χ3v) is 7.34. The van der Waals surface area contributed by atoms with Crippen molar-refractivity contribution in [3.8, 4) is 0 Å². The highest BCUT2D eigenvalue weighted by atomic mass is 35.5. The maximum atomic E-state index is 13.3. The number of nitrogens with one attached hydrogen (secondary N) is 1. The zero-order chi connectivity index (χ0) is 22.6. The Morgan fingerprint density at radius 2 is 1.71 bits per heavy atom. The first-order chi connectivity index (χ1) is 14.6. The van der Waals surface area contributed by atoms with Crippen LogP contribution in [-0.2, 0) is 21.0 Å². The minimum atomic E-state index is -4.73. The van der Waals surface area contributed by atoms with Crippen LogP contribution in [0.25, 0.3) is 0 Å². The smallest absolute Gasteiger partial charge is 0.324 e. The van der Waals surface area contributed by atoms with E-state index in [9.17, 15) is 26.4 Å². The minimum absolute atomic E-state index is 0.0378. The molecule has 5 nitrogen and oxygen atoms in total. The molecule has 1 N–H and O–H groups in total. The molecular formula is C21H22ClF3N2O3S. The van der Waals surface area contributed by atoms with Crippen LogP contribution in [0.1, 0.15) is 37.7 Å². The standard InChI is InChI=1S/C21H22ClF3N2O3S/c22-15-11-12-19(18(13-15)21(23,24)25)26-20(28)14-27(16-7-3-1-4-8-16)31(29,30)17-9-5-2-6-10-17/h2,5-6,9-13,16H,1,3-4,7-8,14H2,(H,26,28). The lowest BCUT2D eigenvalue weighted by atomic mass is 9.95. The van der Waals surface area contributed by atoms with Gasteiger partial charge in [0, 0.05) is 11.1 Å². The number of alkyl halides is 3. The van der Waals surface area contributed by atoms with Gasteiger partial charge >= 0.3 is 6.18 Å². The molecule has 0 aliphatic heterocycles. The Balaban J connectivity index is 1.88. The number of sulfonamides is 1. The number of carbonyl (C=O) groups excluding carboxylic acids is 1. The Bertz CT molecular complexity index is 1020. The number of anilines is 1. The molecule has 2 aromatic carbocycles. The fourth-order valence-corrected chi connectivity index (χ4v) is 5.53. The predicted octanol–water partition coefficient (Wildman–Crippen LogP) is 5.32. The summed E-state index contributed by atoms with van der Waals surface area (Å²) < 4.78 is 67.6. The summed E-state index contributed by atoms with van der Waals surface area (Å²) in [5.74, 6) is -0.849. The summed E-state index contributed by atoms with van der Waals surface area (Å²) in [6.45, 7) is -0.582. The summed E-state index contributed by atoms with van der Waals surface area (Å²) >= 11 is 5.67. The molecular weight excluding hydrogens is 453 g/mol. The molecule has 168 valence electrons. The van der Waals surface area contributed by atoms with Gasteiger partial charge in [0.1, 0.15) is 0 Å². The van der Waals surface area contributed by atoms with Gasteiger partial charge in [0.15, 0.2) is 0 Å². The van der Waals surface area contributed by atoms with Crippen molar-refractivity contribution >= 4 is 33.2 Å². The number of halogens is 4. The van der Waals surface area contributed by atoms with Gasteiger partial charge in [-0.1, -0.05) is 49.1 Å². The zero-order valence-corrected chi connectivity index (χ0v) is 18.1. The average Bonchev–Trinajstić information content (AvgIpc) is 2.74. The van der Waals surface area contributed by atoms with Crippen LogP contribution >= 0.6 is 11.6 Å². The van der Waals surface area contributed by atoms with Crippen LogP contribution in [0.3, 0.4) is 0 Å². The largest absolute Gasteiger partial charge is 0.418 e. The Kier molecular flexibility index (Phi) is 7.28. The monoisotopic (exact) mass is 474 g/mol. The van der Waals surface area contributed by atoms with Crippen molar-refractivity contribution in [2.45, 2.75) is 49.2 Å². The van der Waals surface area contributed by atoms with Crippen LogP contribution in [0.5, 0.6) is 0 Å². The van der Waals surface area contributed by atoms with Crippen LogP contribution in [0.15, 0.2) is 53.4 Å². The van der Waals surface area contributed by atoms with Crippen molar-refractivity contribution in [1.29, 1.82) is 0 Å². The molecule has 0 saturated heterocycles. The first kappa shape index (κ1) is 23.6. The summed E-state index contributed by atoms with van der Waals surface area (Å²) in [5.41, 5.74) is -1.56. The van der Waals surface area contributed by atoms with Crippen LogP contribution in [0.4, 0.5) is 18.9 Å². The molecule has 3 rings (SSSR count). The highest BCUT2D eigenvalue weighted by Crippen LogP contribution is 2.36. The number of carbonyl (C=O) groups is 1. The summed E-state index contributed by atoms with van der Waals surface area (Å²) in [6, 6.07) is 10.3. The number of nitrogens with zero attached hydrogens (tertiary/aromatic N) is 1. The van der Waals surface area contributed by atoms with E-state index in [0.717, 1.165) is 35.7 Å². The molecule has 1 fully saturated rings. The Morgan fingerprint density at radius 3 is 2.32 bits per heavy atom. The summed E-state index contributed by atoms with van der Waals surface area (Å²) in [5, 5.41) is 2.09. The van der Waals surface area contributed by atoms with Gasteiger partial charge in [0.05, 0.1) is 22.7 Å². The third kappa shape index (κ3) is 5.78. The second kappa shape index (κ2) is 9.58. The maximum Gasteiger partial charge on any atom is 0.418 e. The summed E-state index contributed by atoms with van der Waals surface area (Å²) in [6.07, 6.45) is -0.929. The van der Waals surface area contributed by atoms with Gasteiger partial charge in [-0.3, -0.25) is 4.79 Å². The van der Waals surface area contributed by atoms with E-state index in [1.54, 1.807) is 18.2 Å². The van der Waals surface area contributed by atoms with Crippen LogP contribution in [0, 0.1) is 0 Å². The molecule has 31 heavy (non-hydrogen) atoms. The molecule has 0 unspecified atom stereocenters. The highest BCUT2D eigenvalue weighted by Gasteiger charge is 2.36. The number of benzene rings is 2. The van der Waals surface area contributed by atoms with Gasteiger partial charge in [-0.2, -0.15) is 17.5 Å². The molecule has 1 aliphatic rings. The van der Waals surface area contributed by atoms with Crippen molar-refractivity contribution in [2.24, 2.45) is 0 Å². The topological polar surface area (TPSA) is 66.5 Å². The lowest BCUT2D eigenvalue weighted by Crippen LogP contribution is -2.45. The first-order valence-electron chi connectivity index (χ1n) is 9.82. The molecule has 0 heterocycles. The van der Waals surface area contributed by atoms with Crippen LogP contribution in [-0.4, -0.2) is 31.2 Å². The third-order valence-electron chi connectivity index (χ3n) is 5.19. The second-order valence-corrected chi connectivity index (χ2v) is 9.72. The minimum Gasteiger partial charge on any atom is -0.324 e. The van der Waals surface area contributed by atoms with E-state index in [2.05, 4.69) is 5.32 Å². The van der Waals surface area contributed by atoms with E-state index in [-0.39, 0.29) is 9.92 Å². The van der Waals surface area contributed by atoms with Crippen molar-refractivity contribution < 1.29 is 26.4 Å². The fraction of sp³-hybridized carbons (Fsp3) is 0.381. The van der Waals surface area contributed by atoms with Gasteiger partial charge in [0.2, 0.25) is 15.9 Å². The summed E-state index contributed by atoms with van der Waals surface area (Å²) in [7, 11) is -4.00. The molecule has 0 bridgehead atoms. The molecule has 0 atom stereocenters. The van der Waals surface area contributed by atoms with Crippen molar-refractivity contribution in [3.63, 3.8) is 0 Å². The number of amides is 1. The van der Waals surface area contributed by atoms with Gasteiger partial charge in [-0.15, -0.1) is 0 Å². The van der Waals surface area contributed by atoms with Gasteiger partial charge in [0.25, 0.3) is 0 Å². The number of hydrogen-bond donors (Lipinski definition) is 1. The van der Waals surface area contributed by atoms with E-state index < -0.39 is 45.9 Å². The van der Waals surface area contributed by atoms with E-state index >= 15 is 0 Å². The van der Waals surface area contributed by atoms with Crippen molar-refractivity contribution in [2.75, 3.05) is 11.9 Å². The van der Waals surface area contributed by atoms with E-state index in [4.69, 9.17) is 11.6 Å². The highest BCUT2D eigenvalue weighted by molar-refractivity contribution is 7.89. The zero-order valence-electron chi connectivity index (χ0n) is 16.5. The fourth-order valence-electron chi connectivity index (χ4n) is 3.70. The Morgan fingerprint density at radius 1 is 1.06 bits per heavy atom. The molecule has 2 aromatic rings. The summed E-state index contributed by atoms with van der Waals surface area (Å²) in [4.78, 5) is 12.7. The molecule has 0 radical (unpaired) electrons. The quantitative estimate of drug-likeness (QED) is 0.616. The van der Waals surface area contributed by atoms with Crippen LogP contribution < -0.4 is 5.32 Å². The number of rotatable bonds is 6. The molecule has 0 spiro atoms. The normalized spacial score (nSPS) is 15.8. The average molecular weight is 475 g/mol. The molecule has 1 saturated carbocycles. The van der Waals surface area contributed by atoms with Gasteiger partial charge < -0.3 is 5.32 Å². The molecule has 10 heteroatoms. The number of hydrogen-bond acceptors (Lipinski definition) is 3. The van der Waals surface area contributed by atoms with Gasteiger partial charge in [-0.25, -0.2) is 8.42 Å². The Hall–Kier alpha value is -2.10. The molecule has 1 aliphatic carbocycles. The lowest BCUT2D eigenvalue weighted by molar-refractivity contribution is -0.137. The van der Waals surface area contributed by atoms with Crippen molar-refractivity contribution in [3.05, 3.63) is 59.1 Å². The van der Waals surface area contributed by atoms with E-state index in [1.807, 2.05) is 0 Å². The predicted molar refractivity (Wildman–Crippen MR) is 112 cm³/mol. The van der Waals surface area contributed by atoms with E-state index in [0.29, 0.717) is 12.8 Å². The van der Waals surface area contributed by atoms with Gasteiger partial charge in [-0.05, 0) is 43.2 Å². The Labute approximate surface area is 184 Å². The molecule has 0 aromatic heterocycles. The van der Waals surface area contributed by atoms with E-state index in [1.165, 1.54) is 18.2 Å². The molecule has 1 amide bonds. The second-order valence-electron chi connectivity index (χ2n) is 7.39. The first-order valence-corrected chi connectivity index (χ1v) is 11.6. The maximum absolute atomic E-state index is 13.3. The van der Waals surface area contributed by atoms with Crippen LogP contribution in [0.2, 0.25) is 5.02 Å². The SMILES string of the molecule is O=C(CN(C1CCCCC1)S(=O)(=O)c1ccccc1)Nc1ccc(Cl)cc1C(F)(F)F.